The molecule has 1 aromatic carbocycles. The molecule has 0 radical (unpaired) electrons. The van der Waals surface area contributed by atoms with Crippen LogP contribution in [-0.4, -0.2) is 47.7 Å². The zero-order valence-corrected chi connectivity index (χ0v) is 17.7. The van der Waals surface area contributed by atoms with Gasteiger partial charge in [0, 0.05) is 32.0 Å². The fourth-order valence-electron chi connectivity index (χ4n) is 2.81. The largest absolute Gasteiger partial charge is 0.489 e. The highest BCUT2D eigenvalue weighted by Gasteiger charge is 2.44. The molecular weight excluding hydrogens is 408 g/mol. The van der Waals surface area contributed by atoms with Crippen LogP contribution >= 0.6 is 23.2 Å². The second kappa shape index (κ2) is 8.70. The van der Waals surface area contributed by atoms with Gasteiger partial charge in [-0.15, -0.1) is 0 Å². The maximum Gasteiger partial charge on any atom is 0.410 e. The van der Waals surface area contributed by atoms with Crippen molar-refractivity contribution in [3.8, 4) is 5.75 Å². The molecule has 2 rings (SSSR count). The molecule has 0 bridgehead atoms. The van der Waals surface area contributed by atoms with Gasteiger partial charge in [-0.25, -0.2) is 9.18 Å². The molecule has 1 aromatic rings. The highest BCUT2D eigenvalue weighted by Crippen LogP contribution is 2.37. The molecule has 0 unspecified atom stereocenters. The third-order valence-electron chi connectivity index (χ3n) is 4.24. The molecule has 0 spiro atoms. The SMILES string of the molecule is C=CCOc1cc(Cl)c(Cl)cc1C(=O)C1(F)CCN(C(=O)OC(C)(C)C)CC1. The normalized spacial score (nSPS) is 16.4. The quantitative estimate of drug-likeness (QED) is 0.457. The monoisotopic (exact) mass is 431 g/mol. The van der Waals surface area contributed by atoms with Crippen molar-refractivity contribution in [3.05, 3.63) is 40.4 Å². The number of carbonyl (C=O) groups is 2. The third kappa shape index (κ3) is 5.39. The van der Waals surface area contributed by atoms with Gasteiger partial charge >= 0.3 is 6.09 Å². The number of benzene rings is 1. The summed E-state index contributed by atoms with van der Waals surface area (Å²) in [7, 11) is 0. The average Bonchev–Trinajstić information content (AvgIpc) is 2.60. The van der Waals surface area contributed by atoms with E-state index in [0.717, 1.165) is 0 Å². The van der Waals surface area contributed by atoms with Crippen LogP contribution in [0, 0.1) is 0 Å². The van der Waals surface area contributed by atoms with Crippen LogP contribution in [0.1, 0.15) is 44.0 Å². The Morgan fingerprint density at radius 2 is 1.82 bits per heavy atom. The minimum absolute atomic E-state index is 0.0180. The van der Waals surface area contributed by atoms with E-state index in [0.29, 0.717) is 0 Å². The number of hydrogen-bond acceptors (Lipinski definition) is 4. The molecule has 1 fully saturated rings. The number of likely N-dealkylation sites (tertiary alicyclic amines) is 1. The van der Waals surface area contributed by atoms with Gasteiger partial charge in [0.25, 0.3) is 0 Å². The van der Waals surface area contributed by atoms with Gasteiger partial charge in [-0.2, -0.15) is 0 Å². The topological polar surface area (TPSA) is 55.8 Å². The lowest BCUT2D eigenvalue weighted by Crippen LogP contribution is -2.49. The van der Waals surface area contributed by atoms with E-state index in [1.807, 2.05) is 0 Å². The number of amides is 1. The Bertz CT molecular complexity index is 768. The number of ketones is 1. The fraction of sp³-hybridized carbons (Fsp3) is 0.500. The molecule has 1 heterocycles. The summed E-state index contributed by atoms with van der Waals surface area (Å²) < 4.78 is 26.2. The van der Waals surface area contributed by atoms with Crippen LogP contribution in [-0.2, 0) is 4.74 Å². The van der Waals surface area contributed by atoms with Crippen molar-refractivity contribution in [3.63, 3.8) is 0 Å². The van der Waals surface area contributed by atoms with Crippen LogP contribution in [0.2, 0.25) is 10.0 Å². The van der Waals surface area contributed by atoms with E-state index in [-0.39, 0.29) is 53.9 Å². The van der Waals surface area contributed by atoms with E-state index in [9.17, 15) is 9.59 Å². The first-order chi connectivity index (χ1) is 13.0. The van der Waals surface area contributed by atoms with Gasteiger partial charge in [-0.1, -0.05) is 35.9 Å². The molecule has 0 aromatic heterocycles. The van der Waals surface area contributed by atoms with Crippen molar-refractivity contribution in [1.82, 2.24) is 4.90 Å². The molecule has 1 aliphatic rings. The first-order valence-electron chi connectivity index (χ1n) is 8.91. The zero-order valence-electron chi connectivity index (χ0n) is 16.2. The summed E-state index contributed by atoms with van der Waals surface area (Å²) in [4.78, 5) is 26.5. The molecule has 5 nitrogen and oxygen atoms in total. The Hall–Kier alpha value is -1.79. The van der Waals surface area contributed by atoms with Crippen molar-refractivity contribution >= 4 is 35.1 Å². The number of halogens is 3. The highest BCUT2D eigenvalue weighted by atomic mass is 35.5. The number of Topliss-reactive ketones (excluding diaryl/α,β-unsaturated/α-hetero) is 1. The minimum Gasteiger partial charge on any atom is -0.489 e. The second-order valence-corrected chi connectivity index (χ2v) is 8.44. The number of carbonyl (C=O) groups excluding carboxylic acids is 2. The molecule has 8 heteroatoms. The Labute approximate surface area is 174 Å². The Morgan fingerprint density at radius 3 is 2.36 bits per heavy atom. The second-order valence-electron chi connectivity index (χ2n) is 7.62. The van der Waals surface area contributed by atoms with Crippen LogP contribution in [0.5, 0.6) is 5.75 Å². The Morgan fingerprint density at radius 1 is 1.25 bits per heavy atom. The van der Waals surface area contributed by atoms with Crippen molar-refractivity contribution in [2.24, 2.45) is 0 Å². The molecule has 0 N–H and O–H groups in total. The van der Waals surface area contributed by atoms with Gasteiger partial charge in [0.2, 0.25) is 5.78 Å². The molecule has 1 saturated heterocycles. The Kier molecular flexibility index (Phi) is 6.99. The molecule has 0 aliphatic carbocycles. The fourth-order valence-corrected chi connectivity index (χ4v) is 3.13. The summed E-state index contributed by atoms with van der Waals surface area (Å²) in [6.07, 6.45) is 0.686. The van der Waals surface area contributed by atoms with Crippen LogP contribution in [0.15, 0.2) is 24.8 Å². The van der Waals surface area contributed by atoms with Crippen molar-refractivity contribution in [1.29, 1.82) is 0 Å². The number of piperidine rings is 1. The maximum absolute atomic E-state index is 15.5. The van der Waals surface area contributed by atoms with Gasteiger partial charge in [0.15, 0.2) is 5.67 Å². The van der Waals surface area contributed by atoms with Crippen molar-refractivity contribution < 1.29 is 23.5 Å². The van der Waals surface area contributed by atoms with E-state index in [1.165, 1.54) is 23.1 Å². The van der Waals surface area contributed by atoms with E-state index >= 15 is 4.39 Å². The predicted molar refractivity (Wildman–Crippen MR) is 107 cm³/mol. The molecule has 1 aliphatic heterocycles. The summed E-state index contributed by atoms with van der Waals surface area (Å²) in [5.74, 6) is -0.597. The van der Waals surface area contributed by atoms with Crippen molar-refractivity contribution in [2.75, 3.05) is 19.7 Å². The van der Waals surface area contributed by atoms with E-state index < -0.39 is 23.1 Å². The molecule has 28 heavy (non-hydrogen) atoms. The predicted octanol–water partition coefficient (Wildman–Crippen LogP) is 5.48. The molecular formula is C20H24Cl2FNO4. The van der Waals surface area contributed by atoms with Crippen LogP contribution in [0.4, 0.5) is 9.18 Å². The van der Waals surface area contributed by atoms with Crippen LogP contribution < -0.4 is 4.74 Å². The standard InChI is InChI=1S/C20H24Cl2FNO4/c1-5-10-27-16-12-15(22)14(21)11-13(16)17(25)20(23)6-8-24(9-7-20)18(26)28-19(2,3)4/h5,11-12H,1,6-10H2,2-4H3. The minimum atomic E-state index is -2.14. The van der Waals surface area contributed by atoms with E-state index in [4.69, 9.17) is 32.7 Å². The maximum atomic E-state index is 15.5. The zero-order chi connectivity index (χ0) is 21.1. The lowest BCUT2D eigenvalue weighted by atomic mass is 9.85. The smallest absolute Gasteiger partial charge is 0.410 e. The first-order valence-corrected chi connectivity index (χ1v) is 9.67. The summed E-state index contributed by atoms with van der Waals surface area (Å²) in [6.45, 7) is 9.09. The summed E-state index contributed by atoms with van der Waals surface area (Å²) >= 11 is 12.0. The average molecular weight is 432 g/mol. The summed E-state index contributed by atoms with van der Waals surface area (Å²) in [5, 5.41) is 0.329. The van der Waals surface area contributed by atoms with Crippen LogP contribution in [0.25, 0.3) is 0 Å². The molecule has 154 valence electrons. The number of ether oxygens (including phenoxy) is 2. The third-order valence-corrected chi connectivity index (χ3v) is 4.96. The lowest BCUT2D eigenvalue weighted by molar-refractivity contribution is 0.00493. The lowest BCUT2D eigenvalue weighted by Gasteiger charge is -2.36. The number of nitrogens with zero attached hydrogens (tertiary/aromatic N) is 1. The van der Waals surface area contributed by atoms with E-state index in [1.54, 1.807) is 20.8 Å². The number of rotatable bonds is 5. The highest BCUT2D eigenvalue weighted by molar-refractivity contribution is 6.42. The summed E-state index contributed by atoms with van der Waals surface area (Å²) in [5.41, 5.74) is -2.76. The van der Waals surface area contributed by atoms with Gasteiger partial charge in [-0.3, -0.25) is 4.79 Å². The van der Waals surface area contributed by atoms with Gasteiger partial charge < -0.3 is 14.4 Å². The van der Waals surface area contributed by atoms with E-state index in [2.05, 4.69) is 6.58 Å². The number of alkyl halides is 1. The summed E-state index contributed by atoms with van der Waals surface area (Å²) in [6, 6.07) is 2.70. The van der Waals surface area contributed by atoms with Gasteiger partial charge in [0.05, 0.1) is 15.6 Å². The molecule has 0 atom stereocenters. The van der Waals surface area contributed by atoms with Crippen LogP contribution in [0.3, 0.4) is 0 Å². The van der Waals surface area contributed by atoms with Crippen molar-refractivity contribution in [2.45, 2.75) is 44.9 Å². The van der Waals surface area contributed by atoms with Gasteiger partial charge in [0.1, 0.15) is 18.0 Å². The molecule has 0 saturated carbocycles. The first kappa shape index (κ1) is 22.5. The number of hydrogen-bond donors (Lipinski definition) is 0. The molecule has 1 amide bonds. The van der Waals surface area contributed by atoms with Gasteiger partial charge in [-0.05, 0) is 26.8 Å². The Balaban J connectivity index is 2.18.